The molecule has 0 aliphatic heterocycles. The molecule has 0 spiro atoms. The van der Waals surface area contributed by atoms with Gasteiger partial charge in [-0.1, -0.05) is 24.3 Å². The van der Waals surface area contributed by atoms with Gasteiger partial charge in [-0.2, -0.15) is 5.10 Å². The lowest BCUT2D eigenvalue weighted by atomic mass is 10.2. The van der Waals surface area contributed by atoms with Gasteiger partial charge in [-0.3, -0.25) is 0 Å². The average molecular weight is 364 g/mol. The minimum Gasteiger partial charge on any atom is -0.360 e. The summed E-state index contributed by atoms with van der Waals surface area (Å²) in [5, 5.41) is 8.85. The summed E-state index contributed by atoms with van der Waals surface area (Å²) in [5.41, 5.74) is 4.12. The molecule has 0 fully saturated rings. The number of benzene rings is 1. The van der Waals surface area contributed by atoms with Gasteiger partial charge < -0.3 is 4.98 Å². The quantitative estimate of drug-likeness (QED) is 0.494. The third-order valence-electron chi connectivity index (χ3n) is 3.72. The second kappa shape index (κ2) is 7.04. The molecule has 3 aromatic heterocycles. The van der Waals surface area contributed by atoms with Gasteiger partial charge in [-0.15, -0.1) is 22.7 Å². The Morgan fingerprint density at radius 2 is 1.96 bits per heavy atom. The number of thiophene rings is 1. The molecule has 4 aromatic rings. The molecule has 1 aromatic carbocycles. The first-order valence-corrected chi connectivity index (χ1v) is 9.60. The lowest BCUT2D eigenvalue weighted by Gasteiger charge is -2.01. The van der Waals surface area contributed by atoms with E-state index in [4.69, 9.17) is 4.99 Å². The monoisotopic (exact) mass is 364 g/mol. The van der Waals surface area contributed by atoms with Gasteiger partial charge in [0, 0.05) is 11.6 Å². The van der Waals surface area contributed by atoms with Crippen molar-refractivity contribution in [1.29, 1.82) is 0 Å². The number of H-pyrrole nitrogens is 1. The molecule has 0 atom stereocenters. The normalized spacial score (nSPS) is 12.3. The van der Waals surface area contributed by atoms with Crippen molar-refractivity contribution in [3.63, 3.8) is 0 Å². The van der Waals surface area contributed by atoms with E-state index >= 15 is 0 Å². The summed E-state index contributed by atoms with van der Waals surface area (Å²) in [4.78, 5) is 10.00. The zero-order valence-corrected chi connectivity index (χ0v) is 15.2. The summed E-state index contributed by atoms with van der Waals surface area (Å²) in [6.45, 7) is 2.07. The lowest BCUT2D eigenvalue weighted by molar-refractivity contribution is 0.855. The van der Waals surface area contributed by atoms with Crippen molar-refractivity contribution in [3.8, 4) is 10.6 Å². The Bertz CT molecular complexity index is 1050. The number of para-hydroxylation sites is 1. The molecule has 0 amide bonds. The minimum absolute atomic E-state index is 0.848. The van der Waals surface area contributed by atoms with Crippen LogP contribution in [0, 0.1) is 6.92 Å². The van der Waals surface area contributed by atoms with E-state index in [-0.39, 0.29) is 0 Å². The molecule has 4 nitrogen and oxygen atoms in total. The molecule has 0 saturated carbocycles. The van der Waals surface area contributed by atoms with E-state index in [0.717, 1.165) is 27.4 Å². The molecule has 0 aliphatic carbocycles. The molecule has 0 radical (unpaired) electrons. The van der Waals surface area contributed by atoms with Gasteiger partial charge >= 0.3 is 0 Å². The molecule has 0 bridgehead atoms. The van der Waals surface area contributed by atoms with Crippen molar-refractivity contribution in [3.05, 3.63) is 81.5 Å². The number of hydrogen-bond acceptors (Lipinski definition) is 4. The maximum atomic E-state index is 4.83. The maximum absolute atomic E-state index is 4.83. The van der Waals surface area contributed by atoms with Crippen molar-refractivity contribution >= 4 is 34.6 Å². The summed E-state index contributed by atoms with van der Waals surface area (Å²) in [6.07, 6.45) is 3.71. The first-order chi connectivity index (χ1) is 12.3. The fourth-order valence-electron chi connectivity index (χ4n) is 2.42. The Labute approximate surface area is 153 Å². The van der Waals surface area contributed by atoms with E-state index in [1.54, 1.807) is 22.7 Å². The van der Waals surface area contributed by atoms with Crippen molar-refractivity contribution in [1.82, 2.24) is 9.66 Å². The smallest absolute Gasteiger partial charge is 0.211 e. The molecular weight excluding hydrogens is 348 g/mol. The largest absolute Gasteiger partial charge is 0.360 e. The molecule has 6 heteroatoms. The Morgan fingerprint density at radius 3 is 2.72 bits per heavy atom. The van der Waals surface area contributed by atoms with E-state index in [1.807, 2.05) is 47.4 Å². The van der Waals surface area contributed by atoms with Gasteiger partial charge in [-0.05, 0) is 42.1 Å². The van der Waals surface area contributed by atoms with Gasteiger partial charge in [0.15, 0.2) is 0 Å². The fourth-order valence-corrected chi connectivity index (χ4v) is 4.06. The van der Waals surface area contributed by atoms with Crippen LogP contribution in [0.3, 0.4) is 0 Å². The van der Waals surface area contributed by atoms with Gasteiger partial charge in [0.1, 0.15) is 0 Å². The van der Waals surface area contributed by atoms with Crippen LogP contribution in [0.2, 0.25) is 0 Å². The van der Waals surface area contributed by atoms with Crippen LogP contribution < -0.4 is 4.80 Å². The molecule has 25 heavy (non-hydrogen) atoms. The highest BCUT2D eigenvalue weighted by atomic mass is 32.1. The van der Waals surface area contributed by atoms with Crippen molar-refractivity contribution in [2.75, 3.05) is 0 Å². The van der Waals surface area contributed by atoms with Crippen LogP contribution in [0.4, 0.5) is 5.69 Å². The topological polar surface area (TPSA) is 45.4 Å². The fraction of sp³-hybridized carbons (Fsp3) is 0.0526. The van der Waals surface area contributed by atoms with Crippen LogP contribution >= 0.6 is 22.7 Å². The maximum Gasteiger partial charge on any atom is 0.211 e. The number of thiazole rings is 1. The van der Waals surface area contributed by atoms with Crippen molar-refractivity contribution in [2.24, 2.45) is 10.1 Å². The third-order valence-corrected chi connectivity index (χ3v) is 5.43. The number of nitrogens with one attached hydrogen (secondary N) is 1. The predicted octanol–water partition coefficient (Wildman–Crippen LogP) is 5.03. The zero-order chi connectivity index (χ0) is 17.1. The van der Waals surface area contributed by atoms with Crippen LogP contribution in [0.5, 0.6) is 0 Å². The van der Waals surface area contributed by atoms with Gasteiger partial charge in [-0.25, -0.2) is 9.67 Å². The first kappa shape index (κ1) is 15.8. The molecule has 1 N–H and O–H groups in total. The summed E-state index contributed by atoms with van der Waals surface area (Å²) in [6, 6.07) is 16.2. The van der Waals surface area contributed by atoms with Gasteiger partial charge in [0.2, 0.25) is 4.80 Å². The van der Waals surface area contributed by atoms with Gasteiger partial charge in [0.05, 0.1) is 28.2 Å². The van der Waals surface area contributed by atoms with E-state index in [2.05, 4.69) is 46.0 Å². The van der Waals surface area contributed by atoms with E-state index in [1.165, 1.54) is 4.88 Å². The number of aromatic nitrogens is 2. The summed E-state index contributed by atoms with van der Waals surface area (Å²) < 4.78 is 1.91. The van der Waals surface area contributed by atoms with Gasteiger partial charge in [0.25, 0.3) is 0 Å². The highest BCUT2D eigenvalue weighted by Crippen LogP contribution is 2.25. The summed E-state index contributed by atoms with van der Waals surface area (Å²) >= 11 is 3.29. The number of aromatic amines is 1. The number of hydrogen-bond donors (Lipinski definition) is 1. The SMILES string of the molecule is Cc1ccccc1N=c1scc(-c2cccs2)n1N=Cc1ccc[nH]1. The zero-order valence-electron chi connectivity index (χ0n) is 13.6. The van der Waals surface area contributed by atoms with Crippen LogP contribution in [0.1, 0.15) is 11.3 Å². The molecule has 3 heterocycles. The highest BCUT2D eigenvalue weighted by molar-refractivity contribution is 7.14. The van der Waals surface area contributed by atoms with Crippen LogP contribution in [0.15, 0.2) is 75.6 Å². The summed E-state index contributed by atoms with van der Waals surface area (Å²) in [5.74, 6) is 0. The second-order valence-corrected chi connectivity index (χ2v) is 7.25. The van der Waals surface area contributed by atoms with E-state index in [0.29, 0.717) is 0 Å². The van der Waals surface area contributed by atoms with E-state index < -0.39 is 0 Å². The van der Waals surface area contributed by atoms with Crippen LogP contribution in [0.25, 0.3) is 10.6 Å². The minimum atomic E-state index is 0.848. The predicted molar refractivity (Wildman–Crippen MR) is 106 cm³/mol. The Hall–Kier alpha value is -2.70. The Kier molecular flexibility index (Phi) is 4.45. The van der Waals surface area contributed by atoms with E-state index in [9.17, 15) is 0 Å². The molecule has 0 unspecified atom stereocenters. The number of aryl methyl sites for hydroxylation is 1. The molecule has 4 rings (SSSR count). The number of nitrogens with zero attached hydrogens (tertiary/aromatic N) is 3. The molecule has 124 valence electrons. The lowest BCUT2D eigenvalue weighted by Crippen LogP contribution is -2.11. The highest BCUT2D eigenvalue weighted by Gasteiger charge is 2.08. The Balaban J connectivity index is 1.86. The van der Waals surface area contributed by atoms with Crippen LogP contribution in [-0.2, 0) is 0 Å². The second-order valence-electron chi connectivity index (χ2n) is 5.46. The number of rotatable bonds is 4. The van der Waals surface area contributed by atoms with Crippen LogP contribution in [-0.4, -0.2) is 15.9 Å². The van der Waals surface area contributed by atoms with Crippen molar-refractivity contribution < 1.29 is 0 Å². The molecule has 0 aliphatic rings. The third kappa shape index (κ3) is 3.40. The summed E-state index contributed by atoms with van der Waals surface area (Å²) in [7, 11) is 0. The first-order valence-electron chi connectivity index (χ1n) is 7.84. The standard InChI is InChI=1S/C19H16N4S2/c1-14-6-2-3-8-16(14)22-19-23(21-12-15-7-4-10-20-15)17(13-25-19)18-9-5-11-24-18/h2-13,20H,1H3. The molecule has 0 saturated heterocycles. The molecular formula is C19H16N4S2. The Morgan fingerprint density at radius 1 is 1.04 bits per heavy atom. The average Bonchev–Trinajstić information content (AvgIpc) is 3.37. The van der Waals surface area contributed by atoms with Crippen molar-refractivity contribution in [2.45, 2.75) is 6.92 Å².